The Hall–Kier alpha value is 0.236. The maximum Gasteiger partial charge on any atom is 0.115 e. The van der Waals surface area contributed by atoms with Gasteiger partial charge < -0.3 is 5.11 Å². The van der Waals surface area contributed by atoms with E-state index in [1.54, 1.807) is 24.3 Å². The van der Waals surface area contributed by atoms with E-state index in [4.69, 9.17) is 5.11 Å². The van der Waals surface area contributed by atoms with Crippen LogP contribution in [0, 0.1) is 0 Å². The molecule has 1 nitrogen and oxygen atoms in total. The molecule has 0 fully saturated rings. The van der Waals surface area contributed by atoms with Crippen molar-refractivity contribution >= 4 is 24.8 Å². The first-order valence-corrected chi connectivity index (χ1v) is 2.13. The first-order valence-electron chi connectivity index (χ1n) is 2.13. The third-order valence-electron chi connectivity index (χ3n) is 0.756. The monoisotopic (exact) mass is 358 g/mol. The standard InChI is InChI=1S/C6H6O.2ClH.Os/c7-6-4-2-1-3-5-6;;;/h1-5,7H;2*1H;. The van der Waals surface area contributed by atoms with Gasteiger partial charge in [-0.05, 0) is 12.1 Å². The Balaban J connectivity index is -0.000000163. The topological polar surface area (TPSA) is 20.2 Å². The van der Waals surface area contributed by atoms with Gasteiger partial charge in [0, 0.05) is 19.8 Å². The molecular formula is C6H8Cl2OOs. The molecule has 0 aromatic heterocycles. The molecule has 4 heteroatoms. The van der Waals surface area contributed by atoms with E-state index in [0.717, 1.165) is 0 Å². The summed E-state index contributed by atoms with van der Waals surface area (Å²) in [6, 6.07) is 8.71. The number of benzene rings is 1. The van der Waals surface area contributed by atoms with Crippen molar-refractivity contribution in [2.75, 3.05) is 0 Å². The second-order valence-electron chi connectivity index (χ2n) is 1.34. The zero-order valence-corrected chi connectivity index (χ0v) is 9.18. The van der Waals surface area contributed by atoms with Crippen LogP contribution in [-0.2, 0) is 19.8 Å². The van der Waals surface area contributed by atoms with Gasteiger partial charge in [-0.2, -0.15) is 0 Å². The van der Waals surface area contributed by atoms with Crippen LogP contribution in [0.2, 0.25) is 0 Å². The van der Waals surface area contributed by atoms with Crippen LogP contribution in [0.15, 0.2) is 30.3 Å². The van der Waals surface area contributed by atoms with Gasteiger partial charge in [-0.15, -0.1) is 24.8 Å². The minimum Gasteiger partial charge on any atom is -0.508 e. The predicted octanol–water partition coefficient (Wildman–Crippen LogP) is 2.23. The smallest absolute Gasteiger partial charge is 0.115 e. The zero-order chi connectivity index (χ0) is 5.11. The summed E-state index contributed by atoms with van der Waals surface area (Å²) in [6.07, 6.45) is 0. The fourth-order valence-corrected chi connectivity index (χ4v) is 0.428. The molecule has 0 aliphatic carbocycles. The molecule has 0 heterocycles. The summed E-state index contributed by atoms with van der Waals surface area (Å²) in [7, 11) is 0. The number of aromatic hydroxyl groups is 1. The van der Waals surface area contributed by atoms with Crippen LogP contribution in [-0.4, -0.2) is 5.11 Å². The molecule has 0 atom stereocenters. The molecule has 0 aliphatic rings. The summed E-state index contributed by atoms with van der Waals surface area (Å²) in [5, 5.41) is 8.63. The number of phenols is 1. The van der Waals surface area contributed by atoms with Crippen LogP contribution in [0.1, 0.15) is 0 Å². The van der Waals surface area contributed by atoms with Gasteiger partial charge in [0.25, 0.3) is 0 Å². The third-order valence-corrected chi connectivity index (χ3v) is 0.756. The molecule has 0 radical (unpaired) electrons. The van der Waals surface area contributed by atoms with Crippen molar-refractivity contribution in [3.05, 3.63) is 30.3 Å². The van der Waals surface area contributed by atoms with Crippen molar-refractivity contribution in [2.24, 2.45) is 0 Å². The summed E-state index contributed by atoms with van der Waals surface area (Å²) in [4.78, 5) is 0. The van der Waals surface area contributed by atoms with Gasteiger partial charge in [0.05, 0.1) is 0 Å². The number of halogens is 2. The van der Waals surface area contributed by atoms with Crippen molar-refractivity contribution in [3.8, 4) is 5.75 Å². The molecule has 1 N–H and O–H groups in total. The summed E-state index contributed by atoms with van der Waals surface area (Å²) in [5.74, 6) is 0.322. The van der Waals surface area contributed by atoms with Gasteiger partial charge in [0.1, 0.15) is 5.75 Å². The Morgan fingerprint density at radius 1 is 0.900 bits per heavy atom. The molecular weight excluding hydrogens is 349 g/mol. The van der Waals surface area contributed by atoms with Crippen molar-refractivity contribution in [2.45, 2.75) is 0 Å². The number of hydrogen-bond acceptors (Lipinski definition) is 1. The van der Waals surface area contributed by atoms with E-state index in [0.29, 0.717) is 5.75 Å². The molecule has 1 aromatic carbocycles. The van der Waals surface area contributed by atoms with Crippen LogP contribution >= 0.6 is 24.8 Å². The first-order chi connectivity index (χ1) is 3.39. The Labute approximate surface area is 85.7 Å². The average molecular weight is 357 g/mol. The second-order valence-corrected chi connectivity index (χ2v) is 1.34. The Morgan fingerprint density at radius 2 is 1.30 bits per heavy atom. The third kappa shape index (κ3) is 6.36. The molecule has 0 amide bonds. The molecule has 10 heavy (non-hydrogen) atoms. The van der Waals surface area contributed by atoms with Gasteiger partial charge in [0.2, 0.25) is 0 Å². The van der Waals surface area contributed by atoms with E-state index in [-0.39, 0.29) is 44.6 Å². The molecule has 0 bridgehead atoms. The number of para-hydroxylation sites is 1. The molecule has 0 saturated carbocycles. The normalized spacial score (nSPS) is 6.00. The summed E-state index contributed by atoms with van der Waals surface area (Å²) >= 11 is 0. The molecule has 1 rings (SSSR count). The van der Waals surface area contributed by atoms with Crippen molar-refractivity contribution in [1.82, 2.24) is 0 Å². The Morgan fingerprint density at radius 3 is 1.50 bits per heavy atom. The molecule has 1 aromatic rings. The molecule has 0 saturated heterocycles. The van der Waals surface area contributed by atoms with Crippen molar-refractivity contribution in [1.29, 1.82) is 0 Å². The minimum absolute atomic E-state index is 0. The van der Waals surface area contributed by atoms with Crippen molar-refractivity contribution < 1.29 is 24.9 Å². The van der Waals surface area contributed by atoms with Crippen LogP contribution in [0.5, 0.6) is 5.75 Å². The summed E-state index contributed by atoms with van der Waals surface area (Å²) in [5.41, 5.74) is 0. The van der Waals surface area contributed by atoms with Crippen LogP contribution in [0.25, 0.3) is 0 Å². The van der Waals surface area contributed by atoms with E-state index in [1.165, 1.54) is 0 Å². The van der Waals surface area contributed by atoms with E-state index in [1.807, 2.05) is 6.07 Å². The van der Waals surface area contributed by atoms with Gasteiger partial charge in [-0.3, -0.25) is 0 Å². The average Bonchev–Trinajstić information content (AvgIpc) is 1.69. The van der Waals surface area contributed by atoms with Crippen molar-refractivity contribution in [3.63, 3.8) is 0 Å². The SMILES string of the molecule is Cl.Cl.Oc1ccccc1.[Os]. The van der Waals surface area contributed by atoms with E-state index >= 15 is 0 Å². The number of rotatable bonds is 0. The zero-order valence-electron chi connectivity index (χ0n) is 5.00. The minimum atomic E-state index is 0. The van der Waals surface area contributed by atoms with E-state index in [2.05, 4.69) is 0 Å². The van der Waals surface area contributed by atoms with Gasteiger partial charge in [0.15, 0.2) is 0 Å². The summed E-state index contributed by atoms with van der Waals surface area (Å²) in [6.45, 7) is 0. The fraction of sp³-hybridized carbons (Fsp3) is 0. The number of phenolic OH excluding ortho intramolecular Hbond substituents is 1. The predicted molar refractivity (Wildman–Crippen MR) is 42.6 cm³/mol. The van der Waals surface area contributed by atoms with E-state index in [9.17, 15) is 0 Å². The Kier molecular flexibility index (Phi) is 15.4. The number of hydrogen-bond donors (Lipinski definition) is 1. The van der Waals surface area contributed by atoms with E-state index < -0.39 is 0 Å². The molecule has 0 aliphatic heterocycles. The van der Waals surface area contributed by atoms with Gasteiger partial charge in [-0.25, -0.2) is 0 Å². The van der Waals surface area contributed by atoms with Crippen LogP contribution in [0.4, 0.5) is 0 Å². The maximum atomic E-state index is 8.63. The largest absolute Gasteiger partial charge is 0.508 e. The first kappa shape index (κ1) is 16.7. The van der Waals surface area contributed by atoms with Gasteiger partial charge in [-0.1, -0.05) is 18.2 Å². The fourth-order valence-electron chi connectivity index (χ4n) is 0.428. The summed E-state index contributed by atoms with van der Waals surface area (Å²) < 4.78 is 0. The van der Waals surface area contributed by atoms with Gasteiger partial charge >= 0.3 is 0 Å². The Bertz CT molecular complexity index is 146. The molecule has 0 unspecified atom stereocenters. The molecule has 0 spiro atoms. The molecule has 60 valence electrons. The maximum absolute atomic E-state index is 8.63. The van der Waals surface area contributed by atoms with Crippen LogP contribution < -0.4 is 0 Å². The second kappa shape index (κ2) is 9.24. The van der Waals surface area contributed by atoms with Crippen LogP contribution in [0.3, 0.4) is 0 Å². The quantitative estimate of drug-likeness (QED) is 0.755.